The SMILES string of the molecule is Cc1ccc(CNC(=O)c2cc(-c3ccccc3)on2)cc1. The summed E-state index contributed by atoms with van der Waals surface area (Å²) in [6.07, 6.45) is 0. The van der Waals surface area contributed by atoms with Crippen molar-refractivity contribution >= 4 is 5.91 Å². The fourth-order valence-corrected chi connectivity index (χ4v) is 2.10. The molecule has 3 rings (SSSR count). The molecule has 0 radical (unpaired) electrons. The van der Waals surface area contributed by atoms with E-state index in [-0.39, 0.29) is 11.6 Å². The zero-order valence-electron chi connectivity index (χ0n) is 12.2. The number of nitrogens with zero attached hydrogens (tertiary/aromatic N) is 1. The van der Waals surface area contributed by atoms with E-state index in [0.717, 1.165) is 11.1 Å². The predicted octanol–water partition coefficient (Wildman–Crippen LogP) is 3.58. The molecule has 0 saturated heterocycles. The lowest BCUT2D eigenvalue weighted by Crippen LogP contribution is -2.22. The Labute approximate surface area is 128 Å². The maximum absolute atomic E-state index is 12.1. The van der Waals surface area contributed by atoms with Gasteiger partial charge in [0.15, 0.2) is 11.5 Å². The van der Waals surface area contributed by atoms with Gasteiger partial charge in [0.05, 0.1) is 0 Å². The number of carbonyl (C=O) groups is 1. The number of carbonyl (C=O) groups excluding carboxylic acids is 1. The monoisotopic (exact) mass is 292 g/mol. The summed E-state index contributed by atoms with van der Waals surface area (Å²) in [5, 5.41) is 6.67. The van der Waals surface area contributed by atoms with Gasteiger partial charge >= 0.3 is 0 Å². The molecule has 0 aliphatic heterocycles. The molecule has 4 heteroatoms. The van der Waals surface area contributed by atoms with Crippen molar-refractivity contribution in [2.45, 2.75) is 13.5 Å². The third-order valence-corrected chi connectivity index (χ3v) is 3.37. The number of rotatable bonds is 4. The van der Waals surface area contributed by atoms with E-state index in [1.807, 2.05) is 61.5 Å². The zero-order chi connectivity index (χ0) is 15.4. The molecule has 0 aliphatic carbocycles. The molecule has 110 valence electrons. The van der Waals surface area contributed by atoms with Gasteiger partial charge in [-0.15, -0.1) is 0 Å². The molecule has 1 aromatic heterocycles. The van der Waals surface area contributed by atoms with Gasteiger partial charge in [0, 0.05) is 18.2 Å². The van der Waals surface area contributed by atoms with E-state index in [0.29, 0.717) is 12.3 Å². The summed E-state index contributed by atoms with van der Waals surface area (Å²) in [6, 6.07) is 19.2. The average Bonchev–Trinajstić information content (AvgIpc) is 3.05. The van der Waals surface area contributed by atoms with Crippen molar-refractivity contribution in [3.8, 4) is 11.3 Å². The fraction of sp³-hybridized carbons (Fsp3) is 0.111. The minimum atomic E-state index is -0.244. The Morgan fingerprint density at radius 1 is 1.09 bits per heavy atom. The van der Waals surface area contributed by atoms with Crippen LogP contribution in [0.3, 0.4) is 0 Å². The van der Waals surface area contributed by atoms with Gasteiger partial charge < -0.3 is 9.84 Å². The average molecular weight is 292 g/mol. The first-order chi connectivity index (χ1) is 10.7. The molecule has 0 aliphatic rings. The molecule has 0 unspecified atom stereocenters. The molecule has 0 atom stereocenters. The number of benzene rings is 2. The number of hydrogen-bond donors (Lipinski definition) is 1. The van der Waals surface area contributed by atoms with Crippen LogP contribution in [0, 0.1) is 6.92 Å². The first-order valence-corrected chi connectivity index (χ1v) is 7.08. The molecule has 2 aromatic carbocycles. The highest BCUT2D eigenvalue weighted by atomic mass is 16.5. The predicted molar refractivity (Wildman–Crippen MR) is 84.3 cm³/mol. The van der Waals surface area contributed by atoms with Gasteiger partial charge in [-0.1, -0.05) is 65.3 Å². The fourth-order valence-electron chi connectivity index (χ4n) is 2.10. The van der Waals surface area contributed by atoms with Crippen LogP contribution >= 0.6 is 0 Å². The molecule has 0 saturated carbocycles. The lowest BCUT2D eigenvalue weighted by Gasteiger charge is -2.03. The molecule has 0 fully saturated rings. The summed E-state index contributed by atoms with van der Waals surface area (Å²) in [5.74, 6) is 0.340. The molecule has 22 heavy (non-hydrogen) atoms. The first-order valence-electron chi connectivity index (χ1n) is 7.08. The molecule has 0 spiro atoms. The van der Waals surface area contributed by atoms with Gasteiger partial charge in [-0.3, -0.25) is 4.79 Å². The number of amides is 1. The van der Waals surface area contributed by atoms with Crippen LogP contribution in [-0.4, -0.2) is 11.1 Å². The van der Waals surface area contributed by atoms with Crippen LogP contribution in [0.15, 0.2) is 65.2 Å². The lowest BCUT2D eigenvalue weighted by molar-refractivity contribution is 0.0942. The van der Waals surface area contributed by atoms with Gasteiger partial charge in [0.25, 0.3) is 5.91 Å². The maximum Gasteiger partial charge on any atom is 0.273 e. The van der Waals surface area contributed by atoms with Crippen LogP contribution in [0.5, 0.6) is 0 Å². The summed E-state index contributed by atoms with van der Waals surface area (Å²) in [5.41, 5.74) is 3.42. The molecular weight excluding hydrogens is 276 g/mol. The second kappa shape index (κ2) is 6.26. The molecule has 1 amide bonds. The second-order valence-corrected chi connectivity index (χ2v) is 5.11. The third kappa shape index (κ3) is 3.23. The Balaban J connectivity index is 1.66. The van der Waals surface area contributed by atoms with Crippen molar-refractivity contribution in [1.29, 1.82) is 0 Å². The van der Waals surface area contributed by atoms with Gasteiger partial charge in [0.2, 0.25) is 0 Å². The topological polar surface area (TPSA) is 55.1 Å². The van der Waals surface area contributed by atoms with E-state index in [1.54, 1.807) is 6.07 Å². The lowest BCUT2D eigenvalue weighted by atomic mass is 10.1. The summed E-state index contributed by atoms with van der Waals surface area (Å²) in [7, 11) is 0. The molecule has 0 bridgehead atoms. The van der Waals surface area contributed by atoms with E-state index >= 15 is 0 Å². The van der Waals surface area contributed by atoms with Crippen LogP contribution in [-0.2, 0) is 6.54 Å². The van der Waals surface area contributed by atoms with Crippen LogP contribution in [0.1, 0.15) is 21.6 Å². The van der Waals surface area contributed by atoms with Crippen molar-refractivity contribution in [1.82, 2.24) is 10.5 Å². The van der Waals surface area contributed by atoms with E-state index < -0.39 is 0 Å². The molecule has 3 aromatic rings. The van der Waals surface area contributed by atoms with Crippen LogP contribution in [0.2, 0.25) is 0 Å². The smallest absolute Gasteiger partial charge is 0.273 e. The van der Waals surface area contributed by atoms with E-state index in [1.165, 1.54) is 5.56 Å². The minimum absolute atomic E-state index is 0.244. The highest BCUT2D eigenvalue weighted by Gasteiger charge is 2.13. The van der Waals surface area contributed by atoms with Crippen LogP contribution < -0.4 is 5.32 Å². The summed E-state index contributed by atoms with van der Waals surface area (Å²) < 4.78 is 5.23. The largest absolute Gasteiger partial charge is 0.355 e. The van der Waals surface area contributed by atoms with Gasteiger partial charge in [-0.25, -0.2) is 0 Å². The van der Waals surface area contributed by atoms with Gasteiger partial charge in [-0.2, -0.15) is 0 Å². The Bertz CT molecular complexity index is 761. The Hall–Kier alpha value is -2.88. The first kappa shape index (κ1) is 14.1. The number of aromatic nitrogens is 1. The number of nitrogens with one attached hydrogen (secondary N) is 1. The molecule has 4 nitrogen and oxygen atoms in total. The second-order valence-electron chi connectivity index (χ2n) is 5.11. The Kier molecular flexibility index (Phi) is 4.01. The van der Waals surface area contributed by atoms with Crippen LogP contribution in [0.4, 0.5) is 0 Å². The number of hydrogen-bond acceptors (Lipinski definition) is 3. The summed E-state index contributed by atoms with van der Waals surface area (Å²) in [4.78, 5) is 12.1. The Morgan fingerprint density at radius 2 is 1.82 bits per heavy atom. The van der Waals surface area contributed by atoms with E-state index in [9.17, 15) is 4.79 Å². The molecule has 1 heterocycles. The van der Waals surface area contributed by atoms with Crippen molar-refractivity contribution in [2.75, 3.05) is 0 Å². The van der Waals surface area contributed by atoms with Gasteiger partial charge in [-0.05, 0) is 12.5 Å². The normalized spacial score (nSPS) is 10.4. The maximum atomic E-state index is 12.1. The zero-order valence-corrected chi connectivity index (χ0v) is 12.2. The molecule has 1 N–H and O–H groups in total. The minimum Gasteiger partial charge on any atom is -0.355 e. The van der Waals surface area contributed by atoms with Crippen molar-refractivity contribution in [3.63, 3.8) is 0 Å². The highest BCUT2D eigenvalue weighted by Crippen LogP contribution is 2.19. The van der Waals surface area contributed by atoms with E-state index in [2.05, 4.69) is 10.5 Å². The summed E-state index contributed by atoms with van der Waals surface area (Å²) in [6.45, 7) is 2.50. The quantitative estimate of drug-likeness (QED) is 0.799. The number of aryl methyl sites for hydroxylation is 1. The highest BCUT2D eigenvalue weighted by molar-refractivity contribution is 5.93. The Morgan fingerprint density at radius 3 is 2.55 bits per heavy atom. The standard InChI is InChI=1S/C18H16N2O2/c1-13-7-9-14(10-8-13)12-19-18(21)16-11-17(22-20-16)15-5-3-2-4-6-15/h2-11H,12H2,1H3,(H,19,21). The summed E-state index contributed by atoms with van der Waals surface area (Å²) >= 11 is 0. The molecular formula is C18H16N2O2. The van der Waals surface area contributed by atoms with E-state index in [4.69, 9.17) is 4.52 Å². The van der Waals surface area contributed by atoms with Crippen molar-refractivity contribution < 1.29 is 9.32 Å². The van der Waals surface area contributed by atoms with Gasteiger partial charge in [0.1, 0.15) is 0 Å². The third-order valence-electron chi connectivity index (χ3n) is 3.37. The van der Waals surface area contributed by atoms with Crippen molar-refractivity contribution in [2.24, 2.45) is 0 Å². The van der Waals surface area contributed by atoms with Crippen LogP contribution in [0.25, 0.3) is 11.3 Å². The van der Waals surface area contributed by atoms with Crippen molar-refractivity contribution in [3.05, 3.63) is 77.5 Å².